The molecule has 0 bridgehead atoms. The molecular formula is C50H48N8O6. The molecular weight excluding hydrogens is 809 g/mol. The summed E-state index contributed by atoms with van der Waals surface area (Å²) in [6.45, 7) is 2.11. The minimum Gasteiger partial charge on any atom is -0.504 e. The summed E-state index contributed by atoms with van der Waals surface area (Å²) in [5, 5.41) is 29.1. The normalized spacial score (nSPS) is 22.8. The number of phenolic OH excluding ortho intramolecular Hbond substituents is 1. The third kappa shape index (κ3) is 7.48. The Bertz CT molecular complexity index is 2710. The molecule has 2 saturated heterocycles. The van der Waals surface area contributed by atoms with Crippen molar-refractivity contribution >= 4 is 69.1 Å². The van der Waals surface area contributed by atoms with Crippen molar-refractivity contribution in [1.82, 2.24) is 0 Å². The lowest BCUT2D eigenvalue weighted by atomic mass is 9.57. The van der Waals surface area contributed by atoms with Gasteiger partial charge in [-0.2, -0.15) is 20.5 Å². The molecule has 1 saturated carbocycles. The van der Waals surface area contributed by atoms with E-state index in [0.717, 1.165) is 16.9 Å². The fourth-order valence-corrected chi connectivity index (χ4v) is 9.71. The van der Waals surface area contributed by atoms with Crippen molar-refractivity contribution < 1.29 is 29.0 Å². The first kappa shape index (κ1) is 41.9. The molecule has 4 aliphatic rings. The van der Waals surface area contributed by atoms with Crippen molar-refractivity contribution in [3.05, 3.63) is 132 Å². The van der Waals surface area contributed by atoms with Crippen LogP contribution in [-0.2, 0) is 19.2 Å². The lowest BCUT2D eigenvalue weighted by Crippen LogP contribution is -2.43. The smallest absolute Gasteiger partial charge is 0.238 e. The SMILES string of the molecule is CCOc1cccc([C@H]2C3=CC[C@@H]4C(=O)N(c5ccc(N=Nc6ccc(N(C)C)cc6)cc5)C(=O)[C@@H]4[C@@H]3C[C@H]3C(=O)N(c4ccc(N=Nc5ccc(N(C)C)cc5)cc4)C(=O)[C@@H]23)c1O. The summed E-state index contributed by atoms with van der Waals surface area (Å²) in [6.07, 6.45) is 2.40. The standard InChI is InChI=1S/C50H48N8O6/c1-6-64-42-9-7-8-38(46(42)59)43-37-26-27-39-44(49(62)57(47(39)60)35-22-14-31(15-23-35)53-51-29-10-18-33(19-11-29)55(2)3)40(37)28-41-45(43)50(63)58(48(41)61)36-24-16-32(17-25-36)54-52-30-12-20-34(21-13-30)56(4)5/h7-26,39-41,43-45,59H,6,27-28H2,1-5H3/t39-,40+,41+,43+,44-,45+/m0/s1. The highest BCUT2D eigenvalue weighted by atomic mass is 16.5. The molecule has 0 unspecified atom stereocenters. The van der Waals surface area contributed by atoms with Crippen molar-refractivity contribution in [3.8, 4) is 11.5 Å². The quantitative estimate of drug-likeness (QED) is 0.0781. The van der Waals surface area contributed by atoms with Crippen LogP contribution in [0.1, 0.15) is 31.2 Å². The molecule has 0 spiro atoms. The summed E-state index contributed by atoms with van der Waals surface area (Å²) in [7, 11) is 7.85. The maximum atomic E-state index is 14.7. The van der Waals surface area contributed by atoms with Crippen LogP contribution in [0.3, 0.4) is 0 Å². The maximum absolute atomic E-state index is 14.7. The van der Waals surface area contributed by atoms with Crippen LogP contribution in [-0.4, -0.2) is 63.5 Å². The summed E-state index contributed by atoms with van der Waals surface area (Å²) in [4.78, 5) is 64.7. The Labute approximate surface area is 371 Å². The number of imide groups is 2. The average Bonchev–Trinajstić information content (AvgIpc) is 3.71. The van der Waals surface area contributed by atoms with E-state index < -0.39 is 47.3 Å². The molecule has 2 aliphatic heterocycles. The maximum Gasteiger partial charge on any atom is 0.238 e. The molecule has 1 N–H and O–H groups in total. The highest BCUT2D eigenvalue weighted by molar-refractivity contribution is 6.24. The monoisotopic (exact) mass is 856 g/mol. The molecule has 324 valence electrons. The summed E-state index contributed by atoms with van der Waals surface area (Å²) in [6, 6.07) is 34.0. The van der Waals surface area contributed by atoms with Crippen molar-refractivity contribution in [1.29, 1.82) is 0 Å². The van der Waals surface area contributed by atoms with Gasteiger partial charge in [0.15, 0.2) is 11.5 Å². The number of allylic oxidation sites excluding steroid dienone is 2. The Kier molecular flexibility index (Phi) is 11.1. The topological polar surface area (TPSA) is 160 Å². The minimum absolute atomic E-state index is 0.125. The lowest BCUT2D eigenvalue weighted by Gasteiger charge is -2.44. The van der Waals surface area contributed by atoms with E-state index in [4.69, 9.17) is 4.74 Å². The highest BCUT2D eigenvalue weighted by Crippen LogP contribution is 2.60. The van der Waals surface area contributed by atoms with E-state index in [1.807, 2.05) is 99.5 Å². The Morgan fingerprint density at radius 3 is 1.50 bits per heavy atom. The van der Waals surface area contributed by atoms with Gasteiger partial charge in [-0.15, -0.1) is 0 Å². The van der Waals surface area contributed by atoms with Gasteiger partial charge in [0.2, 0.25) is 23.6 Å². The Morgan fingerprint density at radius 2 is 1.03 bits per heavy atom. The zero-order valence-electron chi connectivity index (χ0n) is 36.2. The Hall–Kier alpha value is -7.48. The molecule has 0 aromatic heterocycles. The number of ether oxygens (including phenoxy) is 1. The Morgan fingerprint density at radius 1 is 0.578 bits per heavy atom. The molecule has 0 radical (unpaired) electrons. The number of hydrogen-bond donors (Lipinski definition) is 1. The van der Waals surface area contributed by atoms with Gasteiger partial charge in [0.05, 0.1) is 64.4 Å². The van der Waals surface area contributed by atoms with Gasteiger partial charge in [-0.25, -0.2) is 0 Å². The second-order valence-corrected chi connectivity index (χ2v) is 16.9. The Balaban J connectivity index is 1.00. The van der Waals surface area contributed by atoms with Crippen molar-refractivity contribution in [2.45, 2.75) is 25.7 Å². The fourth-order valence-electron chi connectivity index (χ4n) is 9.71. The van der Waals surface area contributed by atoms with Crippen LogP contribution in [0.15, 0.2) is 147 Å². The van der Waals surface area contributed by atoms with Crippen molar-refractivity contribution in [2.75, 3.05) is 54.4 Å². The van der Waals surface area contributed by atoms with Gasteiger partial charge < -0.3 is 19.6 Å². The lowest BCUT2D eigenvalue weighted by molar-refractivity contribution is -0.126. The zero-order chi connectivity index (χ0) is 44.8. The number of fused-ring (bicyclic) bond motifs is 4. The van der Waals surface area contributed by atoms with Crippen molar-refractivity contribution in [3.63, 3.8) is 0 Å². The number of aromatic hydroxyl groups is 1. The first-order valence-corrected chi connectivity index (χ1v) is 21.4. The van der Waals surface area contributed by atoms with Crippen LogP contribution in [0, 0.1) is 29.6 Å². The summed E-state index contributed by atoms with van der Waals surface area (Å²) in [5.41, 5.74) is 6.51. The average molecular weight is 857 g/mol. The number of carbonyl (C=O) groups is 4. The summed E-state index contributed by atoms with van der Waals surface area (Å²) in [5.74, 6) is -5.84. The molecule has 2 heterocycles. The van der Waals surface area contributed by atoms with E-state index in [-0.39, 0.29) is 36.2 Å². The molecule has 4 amide bonds. The van der Waals surface area contributed by atoms with Gasteiger partial charge in [0, 0.05) is 51.0 Å². The van der Waals surface area contributed by atoms with Gasteiger partial charge >= 0.3 is 0 Å². The van der Waals surface area contributed by atoms with E-state index in [1.165, 1.54) is 9.80 Å². The molecule has 14 nitrogen and oxygen atoms in total. The first-order chi connectivity index (χ1) is 30.9. The number of para-hydroxylation sites is 1. The van der Waals surface area contributed by atoms with Crippen LogP contribution in [0.2, 0.25) is 0 Å². The van der Waals surface area contributed by atoms with Gasteiger partial charge in [-0.05, 0) is 129 Å². The molecule has 64 heavy (non-hydrogen) atoms. The van der Waals surface area contributed by atoms with Gasteiger partial charge in [-0.3, -0.25) is 29.0 Å². The first-order valence-electron chi connectivity index (χ1n) is 21.4. The molecule has 5 aromatic carbocycles. The molecule has 14 heteroatoms. The van der Waals surface area contributed by atoms with E-state index in [9.17, 15) is 24.3 Å². The number of carbonyl (C=O) groups excluding carboxylic acids is 4. The largest absolute Gasteiger partial charge is 0.504 e. The number of anilines is 4. The molecule has 5 aromatic rings. The van der Waals surface area contributed by atoms with E-state index in [2.05, 4.69) is 20.5 Å². The molecule has 6 atom stereocenters. The third-order valence-electron chi connectivity index (χ3n) is 12.8. The van der Waals surface area contributed by atoms with E-state index in [1.54, 1.807) is 66.7 Å². The number of azo groups is 2. The predicted molar refractivity (Wildman–Crippen MR) is 245 cm³/mol. The van der Waals surface area contributed by atoms with E-state index in [0.29, 0.717) is 46.3 Å². The number of amides is 4. The highest BCUT2D eigenvalue weighted by Gasteiger charge is 2.62. The second-order valence-electron chi connectivity index (χ2n) is 16.9. The van der Waals surface area contributed by atoms with Crippen LogP contribution in [0.25, 0.3) is 0 Å². The van der Waals surface area contributed by atoms with Crippen LogP contribution >= 0.6 is 0 Å². The van der Waals surface area contributed by atoms with Crippen LogP contribution in [0.4, 0.5) is 45.5 Å². The predicted octanol–water partition coefficient (Wildman–Crippen LogP) is 9.80. The number of phenols is 1. The fraction of sp³-hybridized carbons (Fsp3) is 0.280. The summed E-state index contributed by atoms with van der Waals surface area (Å²) >= 11 is 0. The second kappa shape index (κ2) is 17.0. The van der Waals surface area contributed by atoms with Crippen molar-refractivity contribution in [2.24, 2.45) is 50.0 Å². The third-order valence-corrected chi connectivity index (χ3v) is 12.8. The zero-order valence-corrected chi connectivity index (χ0v) is 36.2. The molecule has 2 aliphatic carbocycles. The molecule has 9 rings (SSSR count). The molecule has 3 fully saturated rings. The van der Waals surface area contributed by atoms with E-state index >= 15 is 0 Å². The number of nitrogens with zero attached hydrogens (tertiary/aromatic N) is 8. The summed E-state index contributed by atoms with van der Waals surface area (Å²) < 4.78 is 5.78. The number of hydrogen-bond acceptors (Lipinski definition) is 12. The minimum atomic E-state index is -0.880. The number of benzene rings is 5. The number of rotatable bonds is 11. The van der Waals surface area contributed by atoms with Crippen LogP contribution in [0.5, 0.6) is 11.5 Å². The van der Waals surface area contributed by atoms with Gasteiger partial charge in [-0.1, -0.05) is 23.8 Å². The van der Waals surface area contributed by atoms with Crippen LogP contribution < -0.4 is 24.3 Å². The van der Waals surface area contributed by atoms with Gasteiger partial charge in [0.1, 0.15) is 0 Å². The van der Waals surface area contributed by atoms with Gasteiger partial charge in [0.25, 0.3) is 0 Å².